The van der Waals surface area contributed by atoms with Crippen molar-refractivity contribution >= 4 is 27.5 Å². The molecule has 0 spiro atoms. The van der Waals surface area contributed by atoms with E-state index in [2.05, 4.69) is 21.2 Å². The zero-order valence-electron chi connectivity index (χ0n) is 11.1. The molecule has 0 bridgehead atoms. The third-order valence-electron chi connectivity index (χ3n) is 2.62. The van der Waals surface area contributed by atoms with Gasteiger partial charge in [-0.15, -0.1) is 0 Å². The molecule has 1 aromatic rings. The Balaban J connectivity index is 3.04. The average Bonchev–Trinajstić information content (AvgIpc) is 2.41. The first-order valence-corrected chi connectivity index (χ1v) is 7.02. The number of hydrogen-bond donors (Lipinski definition) is 1. The molecule has 1 unspecified atom stereocenters. The van der Waals surface area contributed by atoms with Crippen LogP contribution in [0.15, 0.2) is 12.1 Å². The second-order valence-corrected chi connectivity index (χ2v) is 4.94. The second kappa shape index (κ2) is 7.99. The number of ether oxygens (including phenoxy) is 1. The number of methoxy groups -OCH3 is 1. The van der Waals surface area contributed by atoms with Crippen LogP contribution >= 0.6 is 15.9 Å². The highest BCUT2D eigenvalue weighted by Gasteiger charge is 2.25. The number of carbonyl (C=O) groups is 1. The predicted molar refractivity (Wildman–Crippen MR) is 74.6 cm³/mol. The van der Waals surface area contributed by atoms with Gasteiger partial charge in [0.25, 0.3) is 5.91 Å². The normalized spacial score (nSPS) is 12.0. The number of rotatable bonds is 7. The maximum atomic E-state index is 13.9. The molecule has 0 aromatic heterocycles. The summed E-state index contributed by atoms with van der Waals surface area (Å²) in [5.74, 6) is -3.36. The molecule has 0 saturated heterocycles. The molecule has 0 fully saturated rings. The molecule has 0 aliphatic rings. The first kappa shape index (κ1) is 17.4. The quantitative estimate of drug-likeness (QED) is 0.456. The third-order valence-corrected chi connectivity index (χ3v) is 3.08. The Hall–Kier alpha value is -1.61. The van der Waals surface area contributed by atoms with Crippen molar-refractivity contribution in [2.45, 2.75) is 12.5 Å². The molecule has 1 rings (SSSR count). The van der Waals surface area contributed by atoms with E-state index in [0.717, 1.165) is 0 Å². The predicted octanol–water partition coefficient (Wildman–Crippen LogP) is 2.40. The Labute approximate surface area is 127 Å². The Bertz CT molecular complexity index is 536. The topological polar surface area (TPSA) is 81.5 Å². The maximum absolute atomic E-state index is 13.9. The number of hydrogen-bond acceptors (Lipinski definition) is 4. The number of alkyl halides is 1. The minimum Gasteiger partial charge on any atom is -0.383 e. The van der Waals surface area contributed by atoms with Gasteiger partial charge < -0.3 is 10.1 Å². The molecule has 6 nitrogen and oxygen atoms in total. The molecule has 0 saturated carbocycles. The number of amides is 1. The second-order valence-electron chi connectivity index (χ2n) is 4.15. The van der Waals surface area contributed by atoms with Crippen LogP contribution in [0.25, 0.3) is 0 Å². The third kappa shape index (κ3) is 4.71. The molecule has 0 radical (unpaired) electrons. The Morgan fingerprint density at radius 3 is 2.71 bits per heavy atom. The minimum atomic E-state index is -1.37. The first-order chi connectivity index (χ1) is 9.90. The van der Waals surface area contributed by atoms with Gasteiger partial charge >= 0.3 is 5.69 Å². The van der Waals surface area contributed by atoms with Gasteiger partial charge in [-0.25, -0.2) is 4.39 Å². The number of nitrogens with one attached hydrogen (secondary N) is 1. The molecule has 21 heavy (non-hydrogen) atoms. The largest absolute Gasteiger partial charge is 0.383 e. The van der Waals surface area contributed by atoms with Gasteiger partial charge in [-0.05, 0) is 12.5 Å². The van der Waals surface area contributed by atoms with Gasteiger partial charge in [0.1, 0.15) is 5.82 Å². The van der Waals surface area contributed by atoms with Crippen LogP contribution in [0.4, 0.5) is 14.5 Å². The number of halogens is 3. The highest BCUT2D eigenvalue weighted by molar-refractivity contribution is 9.09. The number of nitro groups is 1. The monoisotopic (exact) mass is 366 g/mol. The minimum absolute atomic E-state index is 0.177. The van der Waals surface area contributed by atoms with Gasteiger partial charge in [0.15, 0.2) is 0 Å². The van der Waals surface area contributed by atoms with E-state index in [1.165, 1.54) is 7.11 Å². The van der Waals surface area contributed by atoms with Crippen molar-refractivity contribution in [3.05, 3.63) is 39.4 Å². The molecule has 0 heterocycles. The Morgan fingerprint density at radius 2 is 2.19 bits per heavy atom. The lowest BCUT2D eigenvalue weighted by atomic mass is 10.1. The first-order valence-electron chi connectivity index (χ1n) is 5.89. The van der Waals surface area contributed by atoms with Gasteiger partial charge in [0.05, 0.1) is 29.2 Å². The van der Waals surface area contributed by atoms with E-state index < -0.39 is 39.8 Å². The average molecular weight is 367 g/mol. The summed E-state index contributed by atoms with van der Waals surface area (Å²) in [6.07, 6.45) is 0.499. The molecule has 0 aliphatic carbocycles. The number of carbonyl (C=O) groups excluding carboxylic acids is 1. The van der Waals surface area contributed by atoms with Crippen molar-refractivity contribution in [1.29, 1.82) is 0 Å². The summed E-state index contributed by atoms with van der Waals surface area (Å²) in [7, 11) is 1.43. The summed E-state index contributed by atoms with van der Waals surface area (Å²) in [6.45, 7) is 0.177. The Morgan fingerprint density at radius 1 is 1.52 bits per heavy atom. The number of nitrogens with zero attached hydrogens (tertiary/aromatic N) is 1. The SMILES string of the molecule is COCC(CCBr)NC(=O)c1cc(F)cc([N+](=O)[O-])c1F. The van der Waals surface area contributed by atoms with Gasteiger partial charge in [-0.3, -0.25) is 14.9 Å². The van der Waals surface area contributed by atoms with E-state index in [1.54, 1.807) is 0 Å². The van der Waals surface area contributed by atoms with E-state index in [-0.39, 0.29) is 6.61 Å². The van der Waals surface area contributed by atoms with Crippen LogP contribution in [0.1, 0.15) is 16.8 Å². The van der Waals surface area contributed by atoms with Gasteiger partial charge in [0.2, 0.25) is 5.82 Å². The van der Waals surface area contributed by atoms with Crippen LogP contribution in [0.2, 0.25) is 0 Å². The lowest BCUT2D eigenvalue weighted by Gasteiger charge is -2.17. The zero-order chi connectivity index (χ0) is 16.0. The van der Waals surface area contributed by atoms with Gasteiger partial charge in [-0.1, -0.05) is 15.9 Å². The lowest BCUT2D eigenvalue weighted by Crippen LogP contribution is -2.38. The van der Waals surface area contributed by atoms with Gasteiger partial charge in [-0.2, -0.15) is 4.39 Å². The van der Waals surface area contributed by atoms with Crippen molar-refractivity contribution in [2.75, 3.05) is 19.0 Å². The van der Waals surface area contributed by atoms with Crippen molar-refractivity contribution < 1.29 is 23.2 Å². The number of benzene rings is 1. The molecule has 1 amide bonds. The van der Waals surface area contributed by atoms with Crippen molar-refractivity contribution in [3.63, 3.8) is 0 Å². The van der Waals surface area contributed by atoms with Gasteiger partial charge in [0, 0.05) is 12.4 Å². The fourth-order valence-electron chi connectivity index (χ4n) is 1.67. The van der Waals surface area contributed by atoms with Crippen molar-refractivity contribution in [2.24, 2.45) is 0 Å². The summed E-state index contributed by atoms with van der Waals surface area (Å²) in [5, 5.41) is 13.6. The molecule has 1 N–H and O–H groups in total. The van der Waals surface area contributed by atoms with Crippen LogP contribution in [0.3, 0.4) is 0 Å². The molecule has 9 heteroatoms. The molecule has 1 aromatic carbocycles. The zero-order valence-corrected chi connectivity index (χ0v) is 12.7. The van der Waals surface area contributed by atoms with Crippen LogP contribution < -0.4 is 5.32 Å². The van der Waals surface area contributed by atoms with Crippen LogP contribution in [-0.4, -0.2) is 35.9 Å². The van der Waals surface area contributed by atoms with Crippen molar-refractivity contribution in [3.8, 4) is 0 Å². The standard InChI is InChI=1S/C12H13BrF2N2O4/c1-21-6-8(2-3-13)16-12(18)9-4-7(14)5-10(11(9)15)17(19)20/h4-5,8H,2-3,6H2,1H3,(H,16,18). The van der Waals surface area contributed by atoms with E-state index in [1.807, 2.05) is 0 Å². The van der Waals surface area contributed by atoms with Crippen LogP contribution in [0, 0.1) is 21.7 Å². The molecular formula is C12H13BrF2N2O4. The molecule has 1 atom stereocenters. The smallest absolute Gasteiger partial charge is 0.308 e. The summed E-state index contributed by atoms with van der Waals surface area (Å²) >= 11 is 3.19. The van der Waals surface area contributed by atoms with Crippen molar-refractivity contribution in [1.82, 2.24) is 5.32 Å². The van der Waals surface area contributed by atoms with Crippen LogP contribution in [0.5, 0.6) is 0 Å². The van der Waals surface area contributed by atoms with E-state index >= 15 is 0 Å². The van der Waals surface area contributed by atoms with E-state index in [0.29, 0.717) is 23.9 Å². The summed E-state index contributed by atoms with van der Waals surface area (Å²) in [4.78, 5) is 21.5. The van der Waals surface area contributed by atoms with E-state index in [9.17, 15) is 23.7 Å². The molecule has 116 valence electrons. The summed E-state index contributed by atoms with van der Waals surface area (Å²) in [6, 6.07) is 0.621. The van der Waals surface area contributed by atoms with E-state index in [4.69, 9.17) is 4.74 Å². The molecule has 0 aliphatic heterocycles. The summed E-state index contributed by atoms with van der Waals surface area (Å²) < 4.78 is 32.0. The lowest BCUT2D eigenvalue weighted by molar-refractivity contribution is -0.387. The maximum Gasteiger partial charge on any atom is 0.308 e. The fourth-order valence-corrected chi connectivity index (χ4v) is 2.22. The fraction of sp³-hybridized carbons (Fsp3) is 0.417. The Kier molecular flexibility index (Phi) is 6.63. The highest BCUT2D eigenvalue weighted by Crippen LogP contribution is 2.22. The summed E-state index contributed by atoms with van der Waals surface area (Å²) in [5.41, 5.74) is -1.79. The van der Waals surface area contributed by atoms with Crippen LogP contribution in [-0.2, 0) is 4.74 Å². The number of nitro benzene ring substituents is 1. The highest BCUT2D eigenvalue weighted by atomic mass is 79.9. The molecular weight excluding hydrogens is 354 g/mol.